The van der Waals surface area contributed by atoms with Gasteiger partial charge in [-0.3, -0.25) is 9.59 Å². The Morgan fingerprint density at radius 1 is 1.09 bits per heavy atom. The van der Waals surface area contributed by atoms with Gasteiger partial charge in [-0.2, -0.15) is 0 Å². The first-order chi connectivity index (χ1) is 11.1. The van der Waals surface area contributed by atoms with E-state index in [9.17, 15) is 9.59 Å². The molecule has 4 nitrogen and oxygen atoms in total. The Labute approximate surface area is 135 Å². The molecule has 0 unspecified atom stereocenters. The number of hydrogen-bond donors (Lipinski definition) is 1. The maximum absolute atomic E-state index is 12.6. The second-order valence-corrected chi connectivity index (χ2v) is 6.54. The number of rotatable bonds is 1. The fourth-order valence-corrected chi connectivity index (χ4v) is 3.56. The molecule has 1 spiro atoms. The number of aryl methyl sites for hydroxylation is 1. The standard InChI is InChI=1S/C19H18N2O2/c1-13-6-2-4-8-15(13)17(22)21-11-19(12-21)10-14-7-3-5-9-16(14)20-18(19)23/h2-9H,10-12H2,1H3,(H,20,23). The van der Waals surface area contributed by atoms with E-state index in [1.165, 1.54) is 0 Å². The van der Waals surface area contributed by atoms with Gasteiger partial charge in [-0.1, -0.05) is 36.4 Å². The van der Waals surface area contributed by atoms with Crippen LogP contribution in [0.5, 0.6) is 0 Å². The lowest BCUT2D eigenvalue weighted by atomic mass is 9.71. The Kier molecular flexibility index (Phi) is 3.01. The molecule has 2 aliphatic heterocycles. The van der Waals surface area contributed by atoms with Crippen molar-refractivity contribution in [3.8, 4) is 0 Å². The summed E-state index contributed by atoms with van der Waals surface area (Å²) in [5.74, 6) is 0.0467. The van der Waals surface area contributed by atoms with Gasteiger partial charge in [0.15, 0.2) is 0 Å². The smallest absolute Gasteiger partial charge is 0.254 e. The molecular weight excluding hydrogens is 288 g/mol. The van der Waals surface area contributed by atoms with Crippen LogP contribution in [0.3, 0.4) is 0 Å². The summed E-state index contributed by atoms with van der Waals surface area (Å²) < 4.78 is 0. The number of hydrogen-bond acceptors (Lipinski definition) is 2. The Morgan fingerprint density at radius 2 is 1.78 bits per heavy atom. The number of carbonyl (C=O) groups is 2. The normalized spacial score (nSPS) is 18.1. The van der Waals surface area contributed by atoms with Crippen molar-refractivity contribution >= 4 is 17.5 Å². The molecule has 1 saturated heterocycles. The van der Waals surface area contributed by atoms with Crippen molar-refractivity contribution in [2.24, 2.45) is 5.41 Å². The predicted octanol–water partition coefficient (Wildman–Crippen LogP) is 2.63. The minimum atomic E-state index is -0.466. The zero-order valence-corrected chi connectivity index (χ0v) is 13.0. The Morgan fingerprint density at radius 3 is 2.57 bits per heavy atom. The molecule has 0 bridgehead atoms. The quantitative estimate of drug-likeness (QED) is 0.880. The molecule has 1 N–H and O–H groups in total. The lowest BCUT2D eigenvalue weighted by Crippen LogP contribution is -2.65. The number of nitrogens with one attached hydrogen (secondary N) is 1. The van der Waals surface area contributed by atoms with Gasteiger partial charge in [0.25, 0.3) is 5.91 Å². The molecular formula is C19H18N2O2. The fraction of sp³-hybridized carbons (Fsp3) is 0.263. The molecule has 2 heterocycles. The topological polar surface area (TPSA) is 49.4 Å². The van der Waals surface area contributed by atoms with Crippen LogP contribution in [-0.4, -0.2) is 29.8 Å². The number of fused-ring (bicyclic) bond motifs is 1. The van der Waals surface area contributed by atoms with Crippen LogP contribution in [0.15, 0.2) is 48.5 Å². The number of nitrogens with zero attached hydrogens (tertiary/aromatic N) is 1. The van der Waals surface area contributed by atoms with Crippen molar-refractivity contribution < 1.29 is 9.59 Å². The number of benzene rings is 2. The number of para-hydroxylation sites is 1. The van der Waals surface area contributed by atoms with Gasteiger partial charge in [0.05, 0.1) is 5.41 Å². The van der Waals surface area contributed by atoms with Crippen molar-refractivity contribution in [3.05, 3.63) is 65.2 Å². The first-order valence-corrected chi connectivity index (χ1v) is 7.83. The van der Waals surface area contributed by atoms with Gasteiger partial charge < -0.3 is 10.2 Å². The predicted molar refractivity (Wildman–Crippen MR) is 88.3 cm³/mol. The van der Waals surface area contributed by atoms with E-state index in [1.807, 2.05) is 55.5 Å². The van der Waals surface area contributed by atoms with Crippen LogP contribution in [-0.2, 0) is 11.2 Å². The Balaban J connectivity index is 1.54. The van der Waals surface area contributed by atoms with Gasteiger partial charge in [0.1, 0.15) is 0 Å². The third-order valence-electron chi connectivity index (χ3n) is 4.93. The molecule has 0 aliphatic carbocycles. The summed E-state index contributed by atoms with van der Waals surface area (Å²) in [5, 5.41) is 2.99. The molecule has 23 heavy (non-hydrogen) atoms. The summed E-state index contributed by atoms with van der Waals surface area (Å²) in [5.41, 5.74) is 3.27. The molecule has 0 aromatic heterocycles. The van der Waals surface area contributed by atoms with Gasteiger partial charge in [0.2, 0.25) is 5.91 Å². The zero-order valence-electron chi connectivity index (χ0n) is 13.0. The highest BCUT2D eigenvalue weighted by molar-refractivity contribution is 6.02. The summed E-state index contributed by atoms with van der Waals surface area (Å²) in [6, 6.07) is 15.5. The van der Waals surface area contributed by atoms with Crippen molar-refractivity contribution in [2.75, 3.05) is 18.4 Å². The van der Waals surface area contributed by atoms with E-state index in [0.717, 1.165) is 22.4 Å². The second kappa shape index (κ2) is 4.95. The highest BCUT2D eigenvalue weighted by Gasteiger charge is 2.53. The molecule has 0 radical (unpaired) electrons. The third-order valence-corrected chi connectivity index (χ3v) is 4.93. The maximum atomic E-state index is 12.6. The molecule has 116 valence electrons. The van der Waals surface area contributed by atoms with Crippen molar-refractivity contribution in [1.82, 2.24) is 4.90 Å². The zero-order chi connectivity index (χ0) is 16.0. The first-order valence-electron chi connectivity index (χ1n) is 7.83. The monoisotopic (exact) mass is 306 g/mol. The molecule has 2 aromatic rings. The average Bonchev–Trinajstić information content (AvgIpc) is 2.52. The van der Waals surface area contributed by atoms with E-state index in [2.05, 4.69) is 5.32 Å². The summed E-state index contributed by atoms with van der Waals surface area (Å²) in [6.45, 7) is 2.91. The third kappa shape index (κ3) is 2.13. The lowest BCUT2D eigenvalue weighted by Gasteiger charge is -2.50. The van der Waals surface area contributed by atoms with Gasteiger partial charge in [-0.05, 0) is 36.6 Å². The Hall–Kier alpha value is -2.62. The molecule has 0 saturated carbocycles. The minimum Gasteiger partial charge on any atom is -0.336 e. The Bertz CT molecular complexity index is 807. The van der Waals surface area contributed by atoms with E-state index in [4.69, 9.17) is 0 Å². The van der Waals surface area contributed by atoms with Crippen LogP contribution < -0.4 is 5.32 Å². The van der Waals surface area contributed by atoms with E-state index in [1.54, 1.807) is 4.90 Å². The van der Waals surface area contributed by atoms with E-state index in [0.29, 0.717) is 19.5 Å². The number of amides is 2. The number of anilines is 1. The minimum absolute atomic E-state index is 0.0142. The maximum Gasteiger partial charge on any atom is 0.254 e. The number of carbonyl (C=O) groups excluding carboxylic acids is 2. The van der Waals surface area contributed by atoms with Crippen LogP contribution in [0, 0.1) is 12.3 Å². The highest BCUT2D eigenvalue weighted by atomic mass is 16.2. The second-order valence-electron chi connectivity index (χ2n) is 6.54. The van der Waals surface area contributed by atoms with E-state index < -0.39 is 5.41 Å². The van der Waals surface area contributed by atoms with Crippen LogP contribution in [0.4, 0.5) is 5.69 Å². The van der Waals surface area contributed by atoms with Gasteiger partial charge in [-0.15, -0.1) is 0 Å². The SMILES string of the molecule is Cc1ccccc1C(=O)N1CC2(Cc3ccccc3NC2=O)C1. The molecule has 2 aliphatic rings. The van der Waals surface area contributed by atoms with Gasteiger partial charge in [-0.25, -0.2) is 0 Å². The van der Waals surface area contributed by atoms with Crippen LogP contribution in [0.2, 0.25) is 0 Å². The summed E-state index contributed by atoms with van der Waals surface area (Å²) in [4.78, 5) is 26.9. The summed E-state index contributed by atoms with van der Waals surface area (Å²) in [7, 11) is 0. The summed E-state index contributed by atoms with van der Waals surface area (Å²) >= 11 is 0. The fourth-order valence-electron chi connectivity index (χ4n) is 3.56. The van der Waals surface area contributed by atoms with Gasteiger partial charge in [0, 0.05) is 24.3 Å². The molecule has 2 aromatic carbocycles. The van der Waals surface area contributed by atoms with Crippen molar-refractivity contribution in [1.29, 1.82) is 0 Å². The average molecular weight is 306 g/mol. The molecule has 4 heteroatoms. The summed E-state index contributed by atoms with van der Waals surface area (Å²) in [6.07, 6.45) is 0.701. The van der Waals surface area contributed by atoms with Crippen LogP contribution in [0.1, 0.15) is 21.5 Å². The van der Waals surface area contributed by atoms with Crippen molar-refractivity contribution in [2.45, 2.75) is 13.3 Å². The largest absolute Gasteiger partial charge is 0.336 e. The highest BCUT2D eigenvalue weighted by Crippen LogP contribution is 2.41. The lowest BCUT2D eigenvalue weighted by molar-refractivity contribution is -0.134. The molecule has 1 fully saturated rings. The van der Waals surface area contributed by atoms with Crippen molar-refractivity contribution in [3.63, 3.8) is 0 Å². The first kappa shape index (κ1) is 14.0. The van der Waals surface area contributed by atoms with E-state index >= 15 is 0 Å². The number of likely N-dealkylation sites (tertiary alicyclic amines) is 1. The van der Waals surface area contributed by atoms with E-state index in [-0.39, 0.29) is 11.8 Å². The van der Waals surface area contributed by atoms with Crippen LogP contribution >= 0.6 is 0 Å². The molecule has 2 amide bonds. The molecule has 4 rings (SSSR count). The molecule has 0 atom stereocenters. The van der Waals surface area contributed by atoms with Crippen LogP contribution in [0.25, 0.3) is 0 Å². The van der Waals surface area contributed by atoms with Gasteiger partial charge >= 0.3 is 0 Å².